The van der Waals surface area contributed by atoms with E-state index < -0.39 is 0 Å². The fraction of sp³-hybridized carbons (Fsp3) is 0.476. The number of pyridine rings is 1. The Hall–Kier alpha value is -2.07. The number of aryl methyl sites for hydroxylation is 1. The van der Waals surface area contributed by atoms with Crippen molar-refractivity contribution in [3.63, 3.8) is 0 Å². The van der Waals surface area contributed by atoms with Crippen LogP contribution in [0.1, 0.15) is 29.7 Å². The Bertz CT molecular complexity index is 688. The number of aromatic nitrogens is 1. The average Bonchev–Trinajstić information content (AvgIpc) is 2.64. The molecule has 1 aromatic heterocycles. The number of nitrogens with zero attached hydrogens (tertiary/aromatic N) is 2. The SMILES string of the molecule is COc1c(C)cnc(CN2CCCC(COc3ccccc3)C2)c1C. The molecule has 0 bridgehead atoms. The summed E-state index contributed by atoms with van der Waals surface area (Å²) in [5.74, 6) is 2.49. The van der Waals surface area contributed by atoms with E-state index in [1.807, 2.05) is 43.5 Å². The summed E-state index contributed by atoms with van der Waals surface area (Å²) in [4.78, 5) is 7.14. The van der Waals surface area contributed by atoms with Crippen molar-refractivity contribution in [2.45, 2.75) is 33.2 Å². The maximum absolute atomic E-state index is 5.96. The number of rotatable bonds is 6. The number of para-hydroxylation sites is 1. The smallest absolute Gasteiger partial charge is 0.128 e. The molecule has 0 spiro atoms. The molecule has 0 amide bonds. The summed E-state index contributed by atoms with van der Waals surface area (Å²) in [6.07, 6.45) is 4.36. The minimum absolute atomic E-state index is 0.571. The van der Waals surface area contributed by atoms with Gasteiger partial charge in [-0.2, -0.15) is 0 Å². The van der Waals surface area contributed by atoms with Gasteiger partial charge in [-0.1, -0.05) is 18.2 Å². The second-order valence-electron chi connectivity index (χ2n) is 6.91. The van der Waals surface area contributed by atoms with Gasteiger partial charge in [-0.05, 0) is 45.4 Å². The van der Waals surface area contributed by atoms with Crippen LogP contribution < -0.4 is 9.47 Å². The first-order valence-electron chi connectivity index (χ1n) is 9.06. The molecule has 1 aliphatic heterocycles. The number of methoxy groups -OCH3 is 1. The van der Waals surface area contributed by atoms with Crippen LogP contribution in [-0.4, -0.2) is 36.7 Å². The maximum atomic E-state index is 5.96. The number of ether oxygens (including phenoxy) is 2. The van der Waals surface area contributed by atoms with Crippen LogP contribution in [0.2, 0.25) is 0 Å². The van der Waals surface area contributed by atoms with Gasteiger partial charge in [0.2, 0.25) is 0 Å². The van der Waals surface area contributed by atoms with Gasteiger partial charge in [0.1, 0.15) is 11.5 Å². The average molecular weight is 340 g/mol. The minimum atomic E-state index is 0.571. The standard InChI is InChI=1S/C21H28N2O2/c1-16-12-22-20(17(2)21(16)24-3)14-23-11-7-8-18(13-23)15-25-19-9-5-4-6-10-19/h4-6,9-10,12,18H,7-8,11,13-15H2,1-3H3. The number of hydrogen-bond donors (Lipinski definition) is 0. The zero-order chi connectivity index (χ0) is 17.6. The predicted octanol–water partition coefficient (Wildman–Crippen LogP) is 4.00. The first kappa shape index (κ1) is 17.7. The number of benzene rings is 1. The molecular formula is C21H28N2O2. The zero-order valence-corrected chi connectivity index (χ0v) is 15.5. The molecular weight excluding hydrogens is 312 g/mol. The van der Waals surface area contributed by atoms with E-state index >= 15 is 0 Å². The van der Waals surface area contributed by atoms with Crippen molar-refractivity contribution in [1.82, 2.24) is 9.88 Å². The van der Waals surface area contributed by atoms with Crippen molar-refractivity contribution < 1.29 is 9.47 Å². The Labute approximate surface area is 150 Å². The number of piperidine rings is 1. The Balaban J connectivity index is 1.58. The van der Waals surface area contributed by atoms with Gasteiger partial charge < -0.3 is 9.47 Å². The van der Waals surface area contributed by atoms with Crippen molar-refractivity contribution in [1.29, 1.82) is 0 Å². The summed E-state index contributed by atoms with van der Waals surface area (Å²) >= 11 is 0. The molecule has 1 aromatic carbocycles. The van der Waals surface area contributed by atoms with Gasteiger partial charge in [0.15, 0.2) is 0 Å². The van der Waals surface area contributed by atoms with Crippen LogP contribution in [0.25, 0.3) is 0 Å². The Morgan fingerprint density at radius 3 is 2.76 bits per heavy atom. The molecule has 1 aliphatic rings. The zero-order valence-electron chi connectivity index (χ0n) is 15.5. The van der Waals surface area contributed by atoms with E-state index in [2.05, 4.69) is 16.8 Å². The summed E-state index contributed by atoms with van der Waals surface area (Å²) in [5.41, 5.74) is 3.37. The lowest BCUT2D eigenvalue weighted by Crippen LogP contribution is -2.37. The summed E-state index contributed by atoms with van der Waals surface area (Å²) in [6.45, 7) is 7.99. The van der Waals surface area contributed by atoms with Crippen molar-refractivity contribution >= 4 is 0 Å². The molecule has 1 fully saturated rings. The third-order valence-corrected chi connectivity index (χ3v) is 4.96. The lowest BCUT2D eigenvalue weighted by atomic mass is 9.98. The van der Waals surface area contributed by atoms with Gasteiger partial charge in [0.05, 0.1) is 19.4 Å². The van der Waals surface area contributed by atoms with E-state index in [4.69, 9.17) is 9.47 Å². The quantitative estimate of drug-likeness (QED) is 0.796. The Morgan fingerprint density at radius 2 is 2.00 bits per heavy atom. The lowest BCUT2D eigenvalue weighted by molar-refractivity contribution is 0.124. The first-order chi connectivity index (χ1) is 12.2. The normalized spacial score (nSPS) is 18.1. The maximum Gasteiger partial charge on any atom is 0.128 e. The van der Waals surface area contributed by atoms with Crippen LogP contribution in [-0.2, 0) is 6.54 Å². The van der Waals surface area contributed by atoms with Gasteiger partial charge in [-0.25, -0.2) is 0 Å². The highest BCUT2D eigenvalue weighted by atomic mass is 16.5. The summed E-state index contributed by atoms with van der Waals surface area (Å²) < 4.78 is 11.5. The third-order valence-electron chi connectivity index (χ3n) is 4.96. The molecule has 134 valence electrons. The van der Waals surface area contributed by atoms with Crippen LogP contribution >= 0.6 is 0 Å². The number of likely N-dealkylation sites (tertiary alicyclic amines) is 1. The fourth-order valence-corrected chi connectivity index (χ4v) is 3.60. The molecule has 25 heavy (non-hydrogen) atoms. The van der Waals surface area contributed by atoms with Crippen molar-refractivity contribution in [3.8, 4) is 11.5 Å². The van der Waals surface area contributed by atoms with Gasteiger partial charge in [-0.3, -0.25) is 9.88 Å². The van der Waals surface area contributed by atoms with Crippen LogP contribution in [0.4, 0.5) is 0 Å². The van der Waals surface area contributed by atoms with E-state index in [-0.39, 0.29) is 0 Å². The highest BCUT2D eigenvalue weighted by Crippen LogP contribution is 2.26. The second kappa shape index (κ2) is 8.34. The molecule has 0 N–H and O–H groups in total. The van der Waals surface area contributed by atoms with E-state index in [9.17, 15) is 0 Å². The van der Waals surface area contributed by atoms with E-state index in [0.717, 1.165) is 54.6 Å². The first-order valence-corrected chi connectivity index (χ1v) is 9.06. The summed E-state index contributed by atoms with van der Waals surface area (Å²) in [5, 5.41) is 0. The van der Waals surface area contributed by atoms with Gasteiger partial charge >= 0.3 is 0 Å². The molecule has 1 unspecified atom stereocenters. The lowest BCUT2D eigenvalue weighted by Gasteiger charge is -2.32. The molecule has 2 aromatic rings. The largest absolute Gasteiger partial charge is 0.496 e. The van der Waals surface area contributed by atoms with Crippen LogP contribution in [0.15, 0.2) is 36.5 Å². The monoisotopic (exact) mass is 340 g/mol. The minimum Gasteiger partial charge on any atom is -0.496 e. The molecule has 1 saturated heterocycles. The molecule has 0 saturated carbocycles. The third kappa shape index (κ3) is 4.51. The van der Waals surface area contributed by atoms with Gasteiger partial charge in [0, 0.05) is 36.3 Å². The molecule has 4 heteroatoms. The van der Waals surface area contributed by atoms with Crippen LogP contribution in [0, 0.1) is 19.8 Å². The summed E-state index contributed by atoms with van der Waals surface area (Å²) in [7, 11) is 1.73. The molecule has 4 nitrogen and oxygen atoms in total. The van der Waals surface area contributed by atoms with Crippen molar-refractivity contribution in [3.05, 3.63) is 53.3 Å². The van der Waals surface area contributed by atoms with Crippen molar-refractivity contribution in [2.75, 3.05) is 26.8 Å². The molecule has 0 aliphatic carbocycles. The predicted molar refractivity (Wildman–Crippen MR) is 100 cm³/mol. The summed E-state index contributed by atoms with van der Waals surface area (Å²) in [6, 6.07) is 10.1. The van der Waals surface area contributed by atoms with Crippen LogP contribution in [0.3, 0.4) is 0 Å². The molecule has 3 rings (SSSR count). The fourth-order valence-electron chi connectivity index (χ4n) is 3.60. The van der Waals surface area contributed by atoms with E-state index in [1.54, 1.807) is 7.11 Å². The topological polar surface area (TPSA) is 34.6 Å². The van der Waals surface area contributed by atoms with E-state index in [1.165, 1.54) is 12.8 Å². The van der Waals surface area contributed by atoms with Gasteiger partial charge in [0.25, 0.3) is 0 Å². The molecule has 1 atom stereocenters. The van der Waals surface area contributed by atoms with Crippen molar-refractivity contribution in [2.24, 2.45) is 5.92 Å². The van der Waals surface area contributed by atoms with E-state index in [0.29, 0.717) is 5.92 Å². The number of hydrogen-bond acceptors (Lipinski definition) is 4. The second-order valence-corrected chi connectivity index (χ2v) is 6.91. The highest BCUT2D eigenvalue weighted by Gasteiger charge is 2.22. The Morgan fingerprint density at radius 1 is 1.20 bits per heavy atom. The molecule has 0 radical (unpaired) electrons. The highest BCUT2D eigenvalue weighted by molar-refractivity contribution is 5.41. The van der Waals surface area contributed by atoms with Crippen LogP contribution in [0.5, 0.6) is 11.5 Å². The Kier molecular flexibility index (Phi) is 5.92. The van der Waals surface area contributed by atoms with Gasteiger partial charge in [-0.15, -0.1) is 0 Å². The molecule has 2 heterocycles.